The summed E-state index contributed by atoms with van der Waals surface area (Å²) in [6, 6.07) is 5.57. The number of amides is 1. The summed E-state index contributed by atoms with van der Waals surface area (Å²) in [5.74, 6) is -4.94. The van der Waals surface area contributed by atoms with Crippen LogP contribution in [0.2, 0.25) is 0 Å². The fraction of sp³-hybridized carbons (Fsp3) is 0.808. The minimum Gasteiger partial charge on any atom is -0.448 e. The molecule has 416 valence electrons. The lowest BCUT2D eigenvalue weighted by atomic mass is 9.68. The summed E-state index contributed by atoms with van der Waals surface area (Å²) in [5, 5.41) is 72.4. The van der Waals surface area contributed by atoms with E-state index in [1.807, 2.05) is 44.7 Å². The van der Waals surface area contributed by atoms with Crippen LogP contribution in [0.3, 0.4) is 0 Å². The van der Waals surface area contributed by atoms with E-state index in [9.17, 15) is 44.9 Å². The Morgan fingerprint density at radius 1 is 0.986 bits per heavy atom. The fourth-order valence-electron chi connectivity index (χ4n) is 11.5. The van der Waals surface area contributed by atoms with Crippen molar-refractivity contribution < 1.29 is 77.5 Å². The number of hydrogen-bond acceptors (Lipinski definition) is 18. The number of cyclic esters (lactones) is 1. The van der Waals surface area contributed by atoms with Crippen LogP contribution in [0.25, 0.3) is 0 Å². The predicted molar refractivity (Wildman–Crippen MR) is 277 cm³/mol. The second-order valence-electron chi connectivity index (χ2n) is 21.7. The highest BCUT2D eigenvalue weighted by molar-refractivity contribution is 14.1. The van der Waals surface area contributed by atoms with Crippen LogP contribution in [0.5, 0.6) is 0 Å². The Balaban J connectivity index is 1.41. The first kappa shape index (κ1) is 61.3. The Kier molecular flexibility index (Phi) is 21.6. The van der Waals surface area contributed by atoms with E-state index in [2.05, 4.69) is 10.5 Å². The number of likely N-dealkylation sites (N-methyl/N-ethyl adjacent to an activating group) is 1. The van der Waals surface area contributed by atoms with E-state index in [4.69, 9.17) is 38.0 Å². The third-order valence-corrected chi connectivity index (χ3v) is 17.9. The van der Waals surface area contributed by atoms with Crippen molar-refractivity contribution in [3.8, 4) is 0 Å². The average molecular weight is 1150 g/mol. The zero-order valence-corrected chi connectivity index (χ0v) is 47.0. The summed E-state index contributed by atoms with van der Waals surface area (Å²) in [5.41, 5.74) is -2.09. The summed E-state index contributed by atoms with van der Waals surface area (Å²) in [6.45, 7) is 14.8. The van der Waals surface area contributed by atoms with Crippen LogP contribution in [0, 0.1) is 35.0 Å². The van der Waals surface area contributed by atoms with Gasteiger partial charge in [0.05, 0.1) is 66.0 Å². The van der Waals surface area contributed by atoms with E-state index < -0.39 is 142 Å². The maximum absolute atomic E-state index is 14.7. The highest BCUT2D eigenvalue weighted by Gasteiger charge is 2.56. The molecule has 0 radical (unpaired) electrons. The van der Waals surface area contributed by atoms with E-state index in [1.165, 1.54) is 28.3 Å². The summed E-state index contributed by atoms with van der Waals surface area (Å²) in [7, 11) is 6.25. The van der Waals surface area contributed by atoms with Gasteiger partial charge in [0.2, 0.25) is 5.91 Å². The van der Waals surface area contributed by atoms with Gasteiger partial charge in [-0.05, 0) is 100 Å². The number of methoxy groups -OCH3 is 3. The molecule has 0 aromatic heterocycles. The molecule has 3 saturated heterocycles. The molecule has 7 N–H and O–H groups in total. The Labute approximate surface area is 444 Å². The van der Waals surface area contributed by atoms with Crippen LogP contribution in [0.15, 0.2) is 29.4 Å². The van der Waals surface area contributed by atoms with Gasteiger partial charge in [0.1, 0.15) is 30.6 Å². The molecule has 1 amide bonds. The van der Waals surface area contributed by atoms with Crippen molar-refractivity contribution >= 4 is 45.9 Å². The number of esters is 1. The molecule has 0 spiro atoms. The van der Waals surface area contributed by atoms with Crippen molar-refractivity contribution in [3.05, 3.63) is 35.4 Å². The molecule has 21 heteroatoms. The molecule has 1 aromatic carbocycles. The van der Waals surface area contributed by atoms with Gasteiger partial charge in [-0.15, -0.1) is 0 Å². The molecule has 1 unspecified atom stereocenters. The van der Waals surface area contributed by atoms with Crippen molar-refractivity contribution in [1.29, 1.82) is 5.41 Å². The molecular formula is C52H84FIN4O15. The number of nitrogens with one attached hydrogen (secondary N) is 2. The molecule has 0 saturated carbocycles. The lowest BCUT2D eigenvalue weighted by molar-refractivity contribution is -0.304. The van der Waals surface area contributed by atoms with Crippen molar-refractivity contribution in [1.82, 2.24) is 10.2 Å². The maximum Gasteiger partial charge on any atom is 0.310 e. The number of alkyl halides is 2. The number of halogens is 2. The molecule has 21 atom stereocenters. The molecule has 5 rings (SSSR count). The van der Waals surface area contributed by atoms with E-state index in [0.29, 0.717) is 24.1 Å². The molecule has 73 heavy (non-hydrogen) atoms. The van der Waals surface area contributed by atoms with Crippen molar-refractivity contribution in [3.63, 3.8) is 0 Å². The van der Waals surface area contributed by atoms with E-state index in [-0.39, 0.29) is 38.1 Å². The lowest BCUT2D eigenvalue weighted by Gasteiger charge is -2.52. The van der Waals surface area contributed by atoms with E-state index in [1.54, 1.807) is 69.5 Å². The molecule has 0 aliphatic carbocycles. The number of oxime groups is 1. The van der Waals surface area contributed by atoms with E-state index in [0.717, 1.165) is 5.56 Å². The van der Waals surface area contributed by atoms with Crippen LogP contribution in [0.1, 0.15) is 112 Å². The van der Waals surface area contributed by atoms with Gasteiger partial charge in [-0.1, -0.05) is 57.1 Å². The lowest BCUT2D eigenvalue weighted by Crippen LogP contribution is -2.62. The van der Waals surface area contributed by atoms with Gasteiger partial charge in [0, 0.05) is 70.7 Å². The summed E-state index contributed by atoms with van der Waals surface area (Å²) in [6.07, 6.45) is -8.12. The molecular weight excluding hydrogens is 1070 g/mol. The smallest absolute Gasteiger partial charge is 0.310 e. The Bertz CT molecular complexity index is 2030. The predicted octanol–water partition coefficient (Wildman–Crippen LogP) is 4.23. The highest BCUT2D eigenvalue weighted by Crippen LogP contribution is 2.46. The zero-order valence-electron chi connectivity index (χ0n) is 44.8. The number of hydrogen-bond donors (Lipinski definition) is 7. The third kappa shape index (κ3) is 13.8. The van der Waals surface area contributed by atoms with Gasteiger partial charge in [-0.2, -0.15) is 0 Å². The number of aliphatic hydroxyl groups excluding tert-OH is 4. The number of aliphatic hydroxyl groups is 5. The second kappa shape index (κ2) is 25.8. The number of rotatable bonds is 16. The van der Waals surface area contributed by atoms with Crippen molar-refractivity contribution in [2.24, 2.45) is 34.7 Å². The molecule has 4 aliphatic heterocycles. The first-order chi connectivity index (χ1) is 34.2. The van der Waals surface area contributed by atoms with Gasteiger partial charge in [-0.3, -0.25) is 9.59 Å². The van der Waals surface area contributed by atoms with Gasteiger partial charge in [-0.25, -0.2) is 4.39 Å². The van der Waals surface area contributed by atoms with Gasteiger partial charge in [0.15, 0.2) is 16.5 Å². The quantitative estimate of drug-likeness (QED) is 0.0694. The fourth-order valence-corrected chi connectivity index (χ4v) is 12.1. The third-order valence-electron chi connectivity index (χ3n) is 16.3. The van der Waals surface area contributed by atoms with Gasteiger partial charge >= 0.3 is 5.97 Å². The van der Waals surface area contributed by atoms with Crippen molar-refractivity contribution in [2.45, 2.75) is 189 Å². The molecule has 1 aromatic rings. The monoisotopic (exact) mass is 1150 g/mol. The van der Waals surface area contributed by atoms with Crippen LogP contribution in [0.4, 0.5) is 4.39 Å². The zero-order chi connectivity index (χ0) is 54.5. The van der Waals surface area contributed by atoms with Crippen LogP contribution in [-0.4, -0.2) is 190 Å². The molecule has 0 bridgehead atoms. The summed E-state index contributed by atoms with van der Waals surface area (Å²) < 4.78 is 57.6. The summed E-state index contributed by atoms with van der Waals surface area (Å²) >= 11 is 1.80. The first-order valence-electron chi connectivity index (χ1n) is 25.5. The minimum atomic E-state index is -1.96. The highest BCUT2D eigenvalue weighted by atomic mass is 127. The number of ether oxygens (including phenoxy) is 7. The average Bonchev–Trinajstić information content (AvgIpc) is 3.85. The number of nitrogens with zero attached hydrogens (tertiary/aromatic N) is 2. The Morgan fingerprint density at radius 2 is 1.63 bits per heavy atom. The maximum atomic E-state index is 14.7. The standard InChI is InChI=1S/C52H84FIN4O15/c1-26-22-51(8,68-13)46(28(3)40(38-23-50(7,67-12)45(63)31(6)70-38)29(4)47(64)72-49(54)52(9,65)44(62)30(5)41(26)55)71-48-42(61)37(20-27(2)69-48)58(10)19-18-39(60)56-36(24-53)43(66-11)33-16-14-32(15-17-33)35-21-34(25-59)73-57-35/h14-17,26-31,34,36-38,40,42-46,48-49,55,59,61-63,65H,18-25H2,1-13H3,(H,56,60)/t26-,27-,28+,29-,30+,31+,34+,36-,37+,38-,40?,42-,43-,44-,45+,46-,48+,49+,50-,51-,52+/m1/s1. The molecule has 19 nitrogen and oxygen atoms in total. The van der Waals surface area contributed by atoms with Crippen LogP contribution < -0.4 is 5.32 Å². The SMILES string of the molecule is CO[C@H](c1ccc(C2=NO[C@H](CO)C2)cc1)[C@@H](CF)NC(=O)CCN(C)[C@H]1C[C@@H](C)O[C@@H](O[C@@H]2[C@@H](C)C([C@H]3C[C@@](C)(OC)[C@@H](O)[C@H](C)O3)[C@@H](C)C(=O)O[C@H](I)[C@@](C)(O)[C@H](O)[C@@H](C)C(=N)[C@H](C)C[C@@]2(C)OC)[C@@H]1O. The Morgan fingerprint density at radius 3 is 2.21 bits per heavy atom. The molecule has 4 heterocycles. The summed E-state index contributed by atoms with van der Waals surface area (Å²) in [4.78, 5) is 35.1. The normalized spacial score (nSPS) is 41.0. The largest absolute Gasteiger partial charge is 0.448 e. The van der Waals surface area contributed by atoms with Crippen LogP contribution in [-0.2, 0) is 47.6 Å². The first-order valence-corrected chi connectivity index (χ1v) is 26.7. The van der Waals surface area contributed by atoms with Crippen LogP contribution >= 0.6 is 22.6 Å². The molecule has 3 fully saturated rings. The van der Waals surface area contributed by atoms with Crippen molar-refractivity contribution in [2.75, 3.05) is 48.2 Å². The number of carbonyl (C=O) groups excluding carboxylic acids is 2. The van der Waals surface area contributed by atoms with Gasteiger partial charge < -0.3 is 79.2 Å². The molecule has 4 aliphatic rings. The topological polar surface area (TPSA) is 261 Å². The minimum absolute atomic E-state index is 0.0470. The number of carbonyl (C=O) groups is 2. The Hall–Kier alpha value is -2.52. The van der Waals surface area contributed by atoms with Gasteiger partial charge in [0.25, 0.3) is 0 Å². The number of benzene rings is 1. The van der Waals surface area contributed by atoms with E-state index >= 15 is 0 Å². The second-order valence-corrected chi connectivity index (χ2v) is 22.8.